The third kappa shape index (κ3) is 3.81. The topological polar surface area (TPSA) is 69.2 Å². The number of nitrogens with one attached hydrogen (secondary N) is 1. The summed E-state index contributed by atoms with van der Waals surface area (Å²) in [5.41, 5.74) is 0.469. The van der Waals surface area contributed by atoms with Crippen LogP contribution in [0.15, 0.2) is 48.5 Å². The van der Waals surface area contributed by atoms with Gasteiger partial charge < -0.3 is 15.2 Å². The summed E-state index contributed by atoms with van der Waals surface area (Å²) in [5, 5.41) is 14.7. The summed E-state index contributed by atoms with van der Waals surface area (Å²) in [6.45, 7) is 0. The Morgan fingerprint density at radius 1 is 1.16 bits per heavy atom. The largest absolute Gasteiger partial charge is 0.550 e. The molecule has 2 aromatic carbocycles. The van der Waals surface area contributed by atoms with Crippen molar-refractivity contribution in [2.75, 3.05) is 0 Å². The first-order valence-corrected chi connectivity index (χ1v) is 8.58. The van der Waals surface area contributed by atoms with Crippen LogP contribution in [0.1, 0.15) is 27.7 Å². The minimum Gasteiger partial charge on any atom is -0.550 e. The molecule has 1 N–H and O–H groups in total. The minimum absolute atomic E-state index is 0.299. The monoisotopic (exact) mass is 376 g/mol. The number of rotatable bonds is 5. The SMILES string of the molecule is O=C([O-])CC(NC(=O)c1sc2ccccc2c1Cl)c1ccc(F)cc1. The van der Waals surface area contributed by atoms with Gasteiger partial charge in [-0.1, -0.05) is 41.9 Å². The van der Waals surface area contributed by atoms with Crippen molar-refractivity contribution >= 4 is 44.9 Å². The van der Waals surface area contributed by atoms with Gasteiger partial charge in [-0.15, -0.1) is 11.3 Å². The first-order valence-electron chi connectivity index (χ1n) is 7.39. The third-order valence-corrected chi connectivity index (χ3v) is 5.36. The molecule has 3 aromatic rings. The Hall–Kier alpha value is -2.44. The molecule has 1 unspecified atom stereocenters. The third-order valence-electron chi connectivity index (χ3n) is 3.69. The molecule has 0 saturated carbocycles. The van der Waals surface area contributed by atoms with Gasteiger partial charge in [-0.3, -0.25) is 4.79 Å². The first kappa shape index (κ1) is 17.4. The average molecular weight is 377 g/mol. The Kier molecular flexibility index (Phi) is 5.01. The number of halogens is 2. The van der Waals surface area contributed by atoms with E-state index >= 15 is 0 Å². The van der Waals surface area contributed by atoms with Gasteiger partial charge in [0.2, 0.25) is 0 Å². The van der Waals surface area contributed by atoms with Crippen molar-refractivity contribution in [1.82, 2.24) is 5.32 Å². The quantitative estimate of drug-likeness (QED) is 0.742. The van der Waals surface area contributed by atoms with Crippen molar-refractivity contribution < 1.29 is 19.1 Å². The molecule has 1 aromatic heterocycles. The van der Waals surface area contributed by atoms with Crippen LogP contribution in [0.4, 0.5) is 4.39 Å². The van der Waals surface area contributed by atoms with Crippen molar-refractivity contribution in [1.29, 1.82) is 0 Å². The molecule has 0 saturated heterocycles. The molecule has 0 bridgehead atoms. The maximum Gasteiger partial charge on any atom is 0.263 e. The molecule has 0 aliphatic carbocycles. The highest BCUT2D eigenvalue weighted by Crippen LogP contribution is 2.35. The second kappa shape index (κ2) is 7.21. The molecule has 0 radical (unpaired) electrons. The van der Waals surface area contributed by atoms with Crippen molar-refractivity contribution in [2.45, 2.75) is 12.5 Å². The fourth-order valence-corrected chi connectivity index (χ4v) is 3.92. The van der Waals surface area contributed by atoms with Gasteiger partial charge >= 0.3 is 0 Å². The second-order valence-electron chi connectivity index (χ2n) is 5.40. The van der Waals surface area contributed by atoms with E-state index in [0.29, 0.717) is 15.5 Å². The number of carboxylic acids is 1. The normalized spacial score (nSPS) is 12.1. The predicted octanol–water partition coefficient (Wildman–Crippen LogP) is 3.30. The Morgan fingerprint density at radius 2 is 1.84 bits per heavy atom. The van der Waals surface area contributed by atoms with E-state index in [1.54, 1.807) is 0 Å². The summed E-state index contributed by atoms with van der Waals surface area (Å²) in [5.74, 6) is -2.26. The van der Waals surface area contributed by atoms with E-state index in [1.165, 1.54) is 35.6 Å². The molecular formula is C18H12ClFNO3S-. The molecule has 1 heterocycles. The van der Waals surface area contributed by atoms with Crippen molar-refractivity contribution in [3.63, 3.8) is 0 Å². The summed E-state index contributed by atoms with van der Waals surface area (Å²) < 4.78 is 13.9. The maximum atomic E-state index is 13.1. The maximum absolute atomic E-state index is 13.1. The molecule has 1 amide bonds. The fourth-order valence-electron chi connectivity index (χ4n) is 2.50. The van der Waals surface area contributed by atoms with Gasteiger partial charge in [-0.25, -0.2) is 4.39 Å². The van der Waals surface area contributed by atoms with Gasteiger partial charge in [-0.2, -0.15) is 0 Å². The number of hydrogen-bond donors (Lipinski definition) is 1. The van der Waals surface area contributed by atoms with Gasteiger partial charge in [-0.05, 0) is 23.8 Å². The van der Waals surface area contributed by atoms with Crippen LogP contribution >= 0.6 is 22.9 Å². The molecule has 7 heteroatoms. The number of carbonyl (C=O) groups is 2. The fraction of sp³-hybridized carbons (Fsp3) is 0.111. The Morgan fingerprint density at radius 3 is 2.48 bits per heavy atom. The molecule has 3 rings (SSSR count). The molecule has 0 aliphatic heterocycles. The zero-order valence-electron chi connectivity index (χ0n) is 12.8. The molecule has 0 spiro atoms. The summed E-state index contributed by atoms with van der Waals surface area (Å²) in [7, 11) is 0. The van der Waals surface area contributed by atoms with Crippen molar-refractivity contribution in [3.8, 4) is 0 Å². The molecule has 1 atom stereocenters. The van der Waals surface area contributed by atoms with Crippen molar-refractivity contribution in [3.05, 3.63) is 69.8 Å². The molecule has 128 valence electrons. The lowest BCUT2D eigenvalue weighted by molar-refractivity contribution is -0.306. The minimum atomic E-state index is -1.32. The number of hydrogen-bond acceptors (Lipinski definition) is 4. The van der Waals surface area contributed by atoms with Crippen LogP contribution in [0.3, 0.4) is 0 Å². The van der Waals surface area contributed by atoms with Crippen LogP contribution in [0.2, 0.25) is 5.02 Å². The predicted molar refractivity (Wildman–Crippen MR) is 93.1 cm³/mol. The Labute approximate surface area is 151 Å². The zero-order chi connectivity index (χ0) is 18.0. The zero-order valence-corrected chi connectivity index (χ0v) is 14.4. The van der Waals surface area contributed by atoms with E-state index in [9.17, 15) is 19.1 Å². The molecule has 25 heavy (non-hydrogen) atoms. The lowest BCUT2D eigenvalue weighted by Gasteiger charge is -2.19. The number of amides is 1. The second-order valence-corrected chi connectivity index (χ2v) is 6.83. The van der Waals surface area contributed by atoms with Gasteiger partial charge in [0.15, 0.2) is 0 Å². The van der Waals surface area contributed by atoms with Gasteiger partial charge in [0.1, 0.15) is 10.7 Å². The molecule has 4 nitrogen and oxygen atoms in total. The highest BCUT2D eigenvalue weighted by Gasteiger charge is 2.21. The van der Waals surface area contributed by atoms with Crippen molar-refractivity contribution in [2.24, 2.45) is 0 Å². The summed E-state index contributed by atoms with van der Waals surface area (Å²) >= 11 is 7.50. The van der Waals surface area contributed by atoms with E-state index in [2.05, 4.69) is 5.32 Å². The number of aliphatic carboxylic acids is 1. The standard InChI is InChI=1S/C18H13ClFNO3S/c19-16-12-3-1-2-4-14(12)25-17(16)18(24)21-13(9-15(22)23)10-5-7-11(20)8-6-10/h1-8,13H,9H2,(H,21,24)(H,22,23)/p-1. The lowest BCUT2D eigenvalue weighted by Crippen LogP contribution is -2.34. The highest BCUT2D eigenvalue weighted by molar-refractivity contribution is 7.21. The number of carboxylic acid groups (broad SMARTS) is 1. The van der Waals surface area contributed by atoms with Gasteiger partial charge in [0.05, 0.1) is 11.1 Å². The van der Waals surface area contributed by atoms with Crippen LogP contribution in [-0.4, -0.2) is 11.9 Å². The Balaban J connectivity index is 1.90. The summed E-state index contributed by atoms with van der Waals surface area (Å²) in [6, 6.07) is 11.7. The van der Waals surface area contributed by atoms with E-state index in [4.69, 9.17) is 11.6 Å². The van der Waals surface area contributed by atoms with Gasteiger partial charge in [0, 0.05) is 22.5 Å². The van der Waals surface area contributed by atoms with Crippen LogP contribution in [0.5, 0.6) is 0 Å². The molecular weight excluding hydrogens is 365 g/mol. The first-order chi connectivity index (χ1) is 12.0. The van der Waals surface area contributed by atoms with E-state index in [1.807, 2.05) is 24.3 Å². The van der Waals surface area contributed by atoms with Gasteiger partial charge in [0.25, 0.3) is 5.91 Å². The summed E-state index contributed by atoms with van der Waals surface area (Å²) in [4.78, 5) is 23.9. The number of benzene rings is 2. The number of carbonyl (C=O) groups excluding carboxylic acids is 2. The van der Waals surface area contributed by atoms with E-state index in [0.717, 1.165) is 10.1 Å². The number of thiophene rings is 1. The lowest BCUT2D eigenvalue weighted by atomic mass is 10.0. The van der Waals surface area contributed by atoms with E-state index < -0.39 is 30.2 Å². The van der Waals surface area contributed by atoms with Crippen LogP contribution in [0, 0.1) is 5.82 Å². The molecule has 0 aliphatic rings. The average Bonchev–Trinajstić information content (AvgIpc) is 2.92. The number of fused-ring (bicyclic) bond motifs is 1. The Bertz CT molecular complexity index is 939. The highest BCUT2D eigenvalue weighted by atomic mass is 35.5. The molecule has 0 fully saturated rings. The summed E-state index contributed by atoms with van der Waals surface area (Å²) in [6.07, 6.45) is -0.431. The smallest absolute Gasteiger partial charge is 0.263 e. The van der Waals surface area contributed by atoms with Crippen LogP contribution in [-0.2, 0) is 4.79 Å². The van der Waals surface area contributed by atoms with Crippen LogP contribution < -0.4 is 10.4 Å². The van der Waals surface area contributed by atoms with E-state index in [-0.39, 0.29) is 0 Å². The van der Waals surface area contributed by atoms with Crippen LogP contribution in [0.25, 0.3) is 10.1 Å².